The highest BCUT2D eigenvalue weighted by atomic mass is 35.5. The van der Waals surface area contributed by atoms with Crippen molar-refractivity contribution in [2.24, 2.45) is 0 Å². The zero-order chi connectivity index (χ0) is 52.4. The van der Waals surface area contributed by atoms with Crippen molar-refractivity contribution in [1.82, 2.24) is 39.2 Å². The van der Waals surface area contributed by atoms with Gasteiger partial charge in [0.05, 0.1) is 63.0 Å². The van der Waals surface area contributed by atoms with Gasteiger partial charge >= 0.3 is 0 Å². The molecule has 0 unspecified atom stereocenters. The molecule has 10 rings (SSSR count). The molecule has 2 saturated heterocycles. The third-order valence-electron chi connectivity index (χ3n) is 12.7. The summed E-state index contributed by atoms with van der Waals surface area (Å²) in [5, 5.41) is 11.3. The first-order valence-corrected chi connectivity index (χ1v) is 32.9. The molecule has 0 amide bonds. The average Bonchev–Trinajstić information content (AvgIpc) is 4.05. The number of pyridine rings is 2. The molecule has 0 bridgehead atoms. The highest BCUT2D eigenvalue weighted by Crippen LogP contribution is 2.41. The SMILES string of the molecule is CCl.[C-]#[N+]c1c(N2CCOCC2)nc2c(-c3cnc4ccccc4c3)cnn2c1N.[C-]#[N+]c1c(N2CCOCC2)nc2c(-c3cnc4ccccc4c3)cnn2c1N(COCC[Si](C)(C)C)COCC[Si](C)(C)C. The summed E-state index contributed by atoms with van der Waals surface area (Å²) in [6.07, 6.45) is 8.70. The number of nitrogens with zero attached hydrogens (tertiary/aromatic N) is 13. The number of alkyl halides is 1. The quantitative estimate of drug-likeness (QED) is 0.0339. The Morgan fingerprint density at radius 3 is 1.53 bits per heavy atom. The lowest BCUT2D eigenvalue weighted by atomic mass is 10.1. The van der Waals surface area contributed by atoms with Crippen LogP contribution in [0.25, 0.3) is 65.0 Å². The minimum Gasteiger partial charge on any atom is -0.392 e. The van der Waals surface area contributed by atoms with Crippen LogP contribution in [0.15, 0.2) is 85.5 Å². The van der Waals surface area contributed by atoms with Crippen molar-refractivity contribution in [3.05, 3.63) is 108 Å². The molecular weight excluding hydrogens is 988 g/mol. The average molecular weight is 1050 g/mol. The van der Waals surface area contributed by atoms with Crippen LogP contribution < -0.4 is 20.4 Å². The number of para-hydroxylation sites is 2. The molecule has 2 N–H and O–H groups in total. The Balaban J connectivity index is 0.000000208. The second-order valence-corrected chi connectivity index (χ2v) is 31.6. The zero-order valence-corrected chi connectivity index (χ0v) is 46.1. The molecule has 0 radical (unpaired) electrons. The lowest BCUT2D eigenvalue weighted by Gasteiger charge is -2.32. The number of fused-ring (bicyclic) bond motifs is 4. The number of anilines is 4. The number of rotatable bonds is 15. The van der Waals surface area contributed by atoms with Crippen LogP contribution in [-0.4, -0.2) is 141 Å². The van der Waals surface area contributed by atoms with Crippen molar-refractivity contribution in [2.75, 3.05) is 106 Å². The number of morpholine rings is 2. The Labute approximate surface area is 439 Å². The standard InChI is InChI=1S/C32H45N7O3Si2.C20H17N7O.CH3Cl/c1-33-29-31(37-12-14-40-15-13-37)36-30-27(26-20-25-10-8-9-11-28(25)34-21-26)22-35-39(30)32(29)38(23-41-16-18-43(2,3)4)24-42-17-19-44(5,6)7;1-22-17-18(21)27-19(25-20(17)26-6-8-28-9-7-26)15(12-24-27)14-10-13-4-2-3-5-16(13)23-11-14;1-2/h8-11,20-22H,12-19,23-24H2,2-7H3;2-5,10-12H,6-9,21H2;1H3. The number of aromatic nitrogens is 8. The molecule has 2 aromatic carbocycles. The number of nitrogens with two attached hydrogens (primary N) is 1. The van der Waals surface area contributed by atoms with Gasteiger partial charge in [0, 0.05) is 107 Å². The van der Waals surface area contributed by atoms with Crippen molar-refractivity contribution in [3.63, 3.8) is 0 Å². The number of ether oxygens (including phenoxy) is 4. The molecule has 8 heterocycles. The number of benzene rings is 2. The van der Waals surface area contributed by atoms with Gasteiger partial charge in [-0.1, -0.05) is 75.7 Å². The smallest absolute Gasteiger partial charge is 0.269 e. The fraction of sp³-hybridized carbons (Fsp3) is 0.396. The van der Waals surface area contributed by atoms with Gasteiger partial charge in [0.1, 0.15) is 36.7 Å². The predicted molar refractivity (Wildman–Crippen MR) is 303 cm³/mol. The Kier molecular flexibility index (Phi) is 17.4. The summed E-state index contributed by atoms with van der Waals surface area (Å²) in [6.45, 7) is 36.9. The van der Waals surface area contributed by atoms with Crippen molar-refractivity contribution in [1.29, 1.82) is 0 Å². The first-order valence-electron chi connectivity index (χ1n) is 24.8. The fourth-order valence-electron chi connectivity index (χ4n) is 8.54. The van der Waals surface area contributed by atoms with Crippen LogP contribution in [0.3, 0.4) is 0 Å². The monoisotopic (exact) mass is 1050 g/mol. The van der Waals surface area contributed by atoms with E-state index in [9.17, 15) is 0 Å². The Morgan fingerprint density at radius 1 is 0.635 bits per heavy atom. The van der Waals surface area contributed by atoms with Gasteiger partial charge in [0.25, 0.3) is 11.4 Å². The maximum atomic E-state index is 8.34. The van der Waals surface area contributed by atoms with E-state index in [2.05, 4.69) is 93.8 Å². The van der Waals surface area contributed by atoms with E-state index >= 15 is 0 Å². The normalized spacial score (nSPS) is 14.1. The molecule has 0 spiro atoms. The number of hydrogen-bond donors (Lipinski definition) is 1. The van der Waals surface area contributed by atoms with Gasteiger partial charge in [-0.25, -0.2) is 28.7 Å². The Hall–Kier alpha value is -6.76. The predicted octanol–water partition coefficient (Wildman–Crippen LogP) is 10.5. The van der Waals surface area contributed by atoms with E-state index in [4.69, 9.17) is 57.9 Å². The van der Waals surface area contributed by atoms with Crippen molar-refractivity contribution < 1.29 is 18.9 Å². The minimum absolute atomic E-state index is 0.286. The largest absolute Gasteiger partial charge is 0.392 e. The summed E-state index contributed by atoms with van der Waals surface area (Å²) in [7, 11) is -2.56. The number of hydrogen-bond acceptors (Lipinski definition) is 14. The minimum atomic E-state index is -1.28. The summed E-state index contributed by atoms with van der Waals surface area (Å²) >= 11 is 4.64. The zero-order valence-electron chi connectivity index (χ0n) is 43.4. The van der Waals surface area contributed by atoms with Gasteiger partial charge in [0.2, 0.25) is 0 Å². The van der Waals surface area contributed by atoms with Crippen LogP contribution in [0, 0.1) is 13.1 Å². The molecule has 0 saturated carbocycles. The molecule has 18 nitrogen and oxygen atoms in total. The molecule has 2 fully saturated rings. The topological polar surface area (TPSA) is 168 Å². The first-order chi connectivity index (χ1) is 35.8. The van der Waals surface area contributed by atoms with Crippen molar-refractivity contribution >= 4 is 95.5 Å². The van der Waals surface area contributed by atoms with E-state index in [1.165, 1.54) is 10.9 Å². The molecule has 21 heteroatoms. The third-order valence-corrected chi connectivity index (χ3v) is 16.1. The molecule has 0 aliphatic carbocycles. The highest BCUT2D eigenvalue weighted by Gasteiger charge is 2.29. The van der Waals surface area contributed by atoms with Crippen LogP contribution in [0.4, 0.5) is 34.6 Å². The van der Waals surface area contributed by atoms with E-state index in [0.717, 1.165) is 56.1 Å². The van der Waals surface area contributed by atoms with Crippen molar-refractivity contribution in [3.8, 4) is 22.3 Å². The van der Waals surface area contributed by atoms with Crippen LogP contribution >= 0.6 is 11.6 Å². The Bertz CT molecular complexity index is 3270. The summed E-state index contributed by atoms with van der Waals surface area (Å²) in [5.41, 5.74) is 13.7. The highest BCUT2D eigenvalue weighted by molar-refractivity contribution is 6.76. The summed E-state index contributed by atoms with van der Waals surface area (Å²) < 4.78 is 26.9. The molecule has 0 atom stereocenters. The number of nitrogen functional groups attached to an aromatic ring is 1. The maximum Gasteiger partial charge on any atom is 0.269 e. The molecule has 2 aliphatic rings. The van der Waals surface area contributed by atoms with E-state index in [1.807, 2.05) is 70.9 Å². The molecule has 74 heavy (non-hydrogen) atoms. The van der Waals surface area contributed by atoms with E-state index in [-0.39, 0.29) is 13.5 Å². The van der Waals surface area contributed by atoms with Crippen LogP contribution in [0.1, 0.15) is 0 Å². The fourth-order valence-corrected chi connectivity index (χ4v) is 10.1. The van der Waals surface area contributed by atoms with E-state index in [1.54, 1.807) is 10.7 Å². The van der Waals surface area contributed by atoms with Gasteiger partial charge in [-0.3, -0.25) is 9.97 Å². The van der Waals surface area contributed by atoms with Gasteiger partial charge < -0.3 is 39.4 Å². The van der Waals surface area contributed by atoms with Gasteiger partial charge in [-0.2, -0.15) is 10.2 Å². The second-order valence-electron chi connectivity index (χ2n) is 20.4. The molecule has 2 aliphatic heterocycles. The van der Waals surface area contributed by atoms with Crippen LogP contribution in [0.2, 0.25) is 51.4 Å². The third kappa shape index (κ3) is 12.4. The Morgan fingerprint density at radius 2 is 1.07 bits per heavy atom. The molecular formula is C53H65ClN14O4Si2. The van der Waals surface area contributed by atoms with E-state index in [0.29, 0.717) is 112 Å². The molecule has 386 valence electrons. The van der Waals surface area contributed by atoms with Crippen LogP contribution in [0.5, 0.6) is 0 Å². The summed E-state index contributed by atoms with van der Waals surface area (Å²) in [6, 6.07) is 22.3. The maximum absolute atomic E-state index is 8.34. The van der Waals surface area contributed by atoms with Gasteiger partial charge in [-0.15, -0.1) is 11.6 Å². The number of halogens is 1. The lowest BCUT2D eigenvalue weighted by molar-refractivity contribution is 0.0944. The van der Waals surface area contributed by atoms with E-state index < -0.39 is 16.1 Å². The summed E-state index contributed by atoms with van der Waals surface area (Å²) in [5.74, 6) is 2.14. The molecule has 6 aromatic heterocycles. The first kappa shape index (κ1) is 53.5. The van der Waals surface area contributed by atoms with Crippen LogP contribution in [-0.2, 0) is 18.9 Å². The van der Waals surface area contributed by atoms with Gasteiger partial charge in [-0.05, 0) is 36.4 Å². The van der Waals surface area contributed by atoms with Gasteiger partial charge in [0.15, 0.2) is 11.3 Å². The van der Waals surface area contributed by atoms with Crippen molar-refractivity contribution in [2.45, 2.75) is 51.4 Å². The second kappa shape index (κ2) is 24.1. The lowest BCUT2D eigenvalue weighted by Crippen LogP contribution is -2.38. The molecule has 8 aromatic rings. The summed E-state index contributed by atoms with van der Waals surface area (Å²) in [4.78, 5) is 33.0.